The molecule has 3 rings (SSSR count). The lowest BCUT2D eigenvalue weighted by molar-refractivity contribution is -0.137. The summed E-state index contributed by atoms with van der Waals surface area (Å²) in [7, 11) is 1.84. The highest BCUT2D eigenvalue weighted by molar-refractivity contribution is 6.01. The van der Waals surface area contributed by atoms with Gasteiger partial charge in [0.2, 0.25) is 0 Å². The number of nitrogens with one attached hydrogen (secondary N) is 2. The van der Waals surface area contributed by atoms with E-state index in [0.717, 1.165) is 12.1 Å². The van der Waals surface area contributed by atoms with Crippen LogP contribution in [0.3, 0.4) is 0 Å². The van der Waals surface area contributed by atoms with Gasteiger partial charge in [0, 0.05) is 31.6 Å². The van der Waals surface area contributed by atoms with Gasteiger partial charge >= 0.3 is 12.2 Å². The lowest BCUT2D eigenvalue weighted by Gasteiger charge is -2.38. The van der Waals surface area contributed by atoms with Crippen molar-refractivity contribution >= 4 is 17.6 Å². The van der Waals surface area contributed by atoms with Crippen LogP contribution in [0.5, 0.6) is 5.75 Å². The highest BCUT2D eigenvalue weighted by atomic mass is 19.4. The van der Waals surface area contributed by atoms with E-state index < -0.39 is 29.9 Å². The minimum absolute atomic E-state index is 0.106. The summed E-state index contributed by atoms with van der Waals surface area (Å²) >= 11 is 0. The second kappa shape index (κ2) is 12.7. The zero-order valence-corrected chi connectivity index (χ0v) is 22.9. The Morgan fingerprint density at radius 3 is 2.44 bits per heavy atom. The molecule has 1 aliphatic rings. The third kappa shape index (κ3) is 7.86. The van der Waals surface area contributed by atoms with E-state index in [1.54, 1.807) is 30.0 Å². The molecule has 1 aliphatic heterocycles. The van der Waals surface area contributed by atoms with E-state index >= 15 is 0 Å². The van der Waals surface area contributed by atoms with Crippen LogP contribution in [-0.4, -0.2) is 71.8 Å². The molecule has 0 spiro atoms. The van der Waals surface area contributed by atoms with Crippen molar-refractivity contribution in [3.05, 3.63) is 59.2 Å². The number of halogens is 3. The van der Waals surface area contributed by atoms with E-state index in [1.165, 1.54) is 12.1 Å². The van der Waals surface area contributed by atoms with E-state index in [9.17, 15) is 27.9 Å². The Morgan fingerprint density at radius 2 is 1.85 bits per heavy atom. The number of hydrogen-bond donors (Lipinski definition) is 3. The molecule has 2 aromatic carbocycles. The number of likely N-dealkylation sites (N-methyl/N-ethyl adjacent to an activating group) is 1. The first-order chi connectivity index (χ1) is 18.3. The Balaban J connectivity index is 1.90. The molecule has 3 atom stereocenters. The largest absolute Gasteiger partial charge is 0.486 e. The smallest absolute Gasteiger partial charge is 0.416 e. The summed E-state index contributed by atoms with van der Waals surface area (Å²) in [6.07, 6.45) is -4.84. The summed E-state index contributed by atoms with van der Waals surface area (Å²) in [4.78, 5) is 29.6. The number of urea groups is 1. The maximum atomic E-state index is 13.5. The number of carbonyl (C=O) groups excluding carboxylic acids is 2. The molecule has 0 bridgehead atoms. The predicted octanol–water partition coefficient (Wildman–Crippen LogP) is 4.59. The van der Waals surface area contributed by atoms with Crippen molar-refractivity contribution in [3.8, 4) is 5.75 Å². The van der Waals surface area contributed by atoms with Crippen molar-refractivity contribution in [1.82, 2.24) is 15.1 Å². The number of hydrogen-bond acceptors (Lipinski definition) is 5. The van der Waals surface area contributed by atoms with E-state index in [4.69, 9.17) is 4.74 Å². The molecule has 0 fully saturated rings. The number of benzene rings is 2. The predicted molar refractivity (Wildman–Crippen MR) is 143 cm³/mol. The number of aliphatic hydroxyl groups is 1. The maximum absolute atomic E-state index is 13.5. The van der Waals surface area contributed by atoms with Crippen LogP contribution in [0.25, 0.3) is 0 Å². The van der Waals surface area contributed by atoms with Gasteiger partial charge in [-0.15, -0.1) is 0 Å². The van der Waals surface area contributed by atoms with Gasteiger partial charge in [0.1, 0.15) is 6.10 Å². The van der Waals surface area contributed by atoms with E-state index in [2.05, 4.69) is 10.6 Å². The maximum Gasteiger partial charge on any atom is 0.416 e. The molecule has 0 unspecified atom stereocenters. The molecular formula is C28H37F3N4O4. The number of rotatable bonds is 8. The lowest BCUT2D eigenvalue weighted by Crippen LogP contribution is -2.49. The minimum Gasteiger partial charge on any atom is -0.486 e. The monoisotopic (exact) mass is 550 g/mol. The second-order valence-electron chi connectivity index (χ2n) is 10.4. The molecule has 8 nitrogen and oxygen atoms in total. The molecule has 3 amide bonds. The SMILES string of the molecule is CC(C)NC(=O)Nc1cccc2c1O[C@H](CN(C)Cc1ccc(C(F)(F)F)cc1)[C@H](C)CN([C@@H](C)CO)C2=O. The highest BCUT2D eigenvalue weighted by Gasteiger charge is 2.35. The number of amides is 3. The van der Waals surface area contributed by atoms with Crippen LogP contribution in [-0.2, 0) is 12.7 Å². The summed E-state index contributed by atoms with van der Waals surface area (Å²) in [5.41, 5.74) is 0.606. The molecule has 214 valence electrons. The number of ether oxygens (including phenoxy) is 1. The number of aliphatic hydroxyl groups excluding tert-OH is 1. The summed E-state index contributed by atoms with van der Waals surface area (Å²) in [5, 5.41) is 15.4. The Labute approximate surface area is 227 Å². The molecular weight excluding hydrogens is 513 g/mol. The standard InChI is InChI=1S/C28H37F3N4O4/c1-17(2)32-27(38)33-23-8-6-7-22-25(23)39-24(18(3)13-35(26(22)37)19(4)16-36)15-34(5)14-20-9-11-21(12-10-20)28(29,30)31/h6-12,17-19,24,36H,13-16H2,1-5H3,(H2,32,33,38)/t18-,19+,24-/m1/s1. The summed E-state index contributed by atoms with van der Waals surface area (Å²) in [6.45, 7) is 8.23. The van der Waals surface area contributed by atoms with Gasteiger partial charge in [0.05, 0.1) is 29.5 Å². The average Bonchev–Trinajstić information content (AvgIpc) is 2.85. The van der Waals surface area contributed by atoms with E-state index in [-0.39, 0.29) is 35.8 Å². The second-order valence-corrected chi connectivity index (χ2v) is 10.4. The third-order valence-corrected chi connectivity index (χ3v) is 6.58. The Morgan fingerprint density at radius 1 is 1.18 bits per heavy atom. The van der Waals surface area contributed by atoms with Gasteiger partial charge in [-0.1, -0.05) is 25.1 Å². The fraction of sp³-hybridized carbons (Fsp3) is 0.500. The van der Waals surface area contributed by atoms with Crippen LogP contribution in [0.15, 0.2) is 42.5 Å². The van der Waals surface area contributed by atoms with Crippen molar-refractivity contribution in [1.29, 1.82) is 0 Å². The molecule has 0 saturated heterocycles. The number of nitrogens with zero attached hydrogens (tertiary/aromatic N) is 2. The van der Waals surface area contributed by atoms with Crippen LogP contribution >= 0.6 is 0 Å². The molecule has 0 aliphatic carbocycles. The molecule has 2 aromatic rings. The van der Waals surface area contributed by atoms with Gasteiger partial charge in [-0.2, -0.15) is 13.2 Å². The summed E-state index contributed by atoms with van der Waals surface area (Å²) < 4.78 is 45.3. The van der Waals surface area contributed by atoms with Gasteiger partial charge in [0.15, 0.2) is 5.75 Å². The quantitative estimate of drug-likeness (QED) is 0.447. The van der Waals surface area contributed by atoms with Gasteiger partial charge in [-0.25, -0.2) is 4.79 Å². The first-order valence-corrected chi connectivity index (χ1v) is 12.9. The molecule has 1 heterocycles. The number of anilines is 1. The molecule has 39 heavy (non-hydrogen) atoms. The number of para-hydroxylation sites is 1. The summed E-state index contributed by atoms with van der Waals surface area (Å²) in [6, 6.07) is 8.97. The van der Waals surface area contributed by atoms with Crippen molar-refractivity contribution in [2.75, 3.05) is 32.1 Å². The van der Waals surface area contributed by atoms with E-state index in [1.807, 2.05) is 32.7 Å². The van der Waals surface area contributed by atoms with Gasteiger partial charge in [-0.05, 0) is 57.6 Å². The Hall–Kier alpha value is -3.31. The van der Waals surface area contributed by atoms with Crippen LogP contribution in [0.4, 0.5) is 23.7 Å². The normalized spacial score (nSPS) is 18.7. The fourth-order valence-corrected chi connectivity index (χ4v) is 4.46. The van der Waals surface area contributed by atoms with Crippen molar-refractivity contribution in [3.63, 3.8) is 0 Å². The minimum atomic E-state index is -4.40. The Bertz CT molecular complexity index is 1140. The molecule has 11 heteroatoms. The van der Waals surface area contributed by atoms with Gasteiger partial charge in [-0.3, -0.25) is 9.69 Å². The number of carbonyl (C=O) groups is 2. The topological polar surface area (TPSA) is 94.1 Å². The molecule has 3 N–H and O–H groups in total. The van der Waals surface area contributed by atoms with Gasteiger partial charge < -0.3 is 25.4 Å². The molecule has 0 aromatic heterocycles. The third-order valence-electron chi connectivity index (χ3n) is 6.58. The Kier molecular flexibility index (Phi) is 9.84. The highest BCUT2D eigenvalue weighted by Crippen LogP contribution is 2.35. The van der Waals surface area contributed by atoms with Crippen LogP contribution in [0.2, 0.25) is 0 Å². The number of alkyl halides is 3. The van der Waals surface area contributed by atoms with Crippen LogP contribution in [0, 0.1) is 5.92 Å². The van der Waals surface area contributed by atoms with Crippen LogP contribution in [0.1, 0.15) is 49.2 Å². The van der Waals surface area contributed by atoms with Crippen molar-refractivity contribution < 1.29 is 32.6 Å². The van der Waals surface area contributed by atoms with Crippen molar-refractivity contribution in [2.24, 2.45) is 5.92 Å². The lowest BCUT2D eigenvalue weighted by atomic mass is 9.98. The first-order valence-electron chi connectivity index (χ1n) is 12.9. The first kappa shape index (κ1) is 30.2. The molecule has 0 radical (unpaired) electrons. The van der Waals surface area contributed by atoms with Crippen molar-refractivity contribution in [2.45, 2.75) is 58.6 Å². The van der Waals surface area contributed by atoms with E-state index in [0.29, 0.717) is 30.9 Å². The zero-order chi connectivity index (χ0) is 28.9. The molecule has 0 saturated carbocycles. The summed E-state index contributed by atoms with van der Waals surface area (Å²) in [5.74, 6) is -0.261. The van der Waals surface area contributed by atoms with Crippen LogP contribution < -0.4 is 15.4 Å². The fourth-order valence-electron chi connectivity index (χ4n) is 4.46. The number of fused-ring (bicyclic) bond motifs is 1. The zero-order valence-electron chi connectivity index (χ0n) is 22.9. The van der Waals surface area contributed by atoms with Gasteiger partial charge in [0.25, 0.3) is 5.91 Å². The average molecular weight is 551 g/mol.